The Hall–Kier alpha value is -3.77. The summed E-state index contributed by atoms with van der Waals surface area (Å²) in [4.78, 5) is 38.0. The molecular weight excluding hydrogens is 520 g/mol. The van der Waals surface area contributed by atoms with Gasteiger partial charge in [-0.15, -0.1) is 0 Å². The average Bonchev–Trinajstić information content (AvgIpc) is 3.25. The van der Waals surface area contributed by atoms with E-state index in [4.69, 9.17) is 10.5 Å². The number of fused-ring (bicyclic) bond motifs is 1. The molecule has 3 aromatic rings. The van der Waals surface area contributed by atoms with Crippen LogP contribution in [0, 0.1) is 0 Å². The zero-order valence-electron chi connectivity index (χ0n) is 22.5. The van der Waals surface area contributed by atoms with Crippen LogP contribution < -0.4 is 15.4 Å². The van der Waals surface area contributed by atoms with E-state index in [-0.39, 0.29) is 30.9 Å². The molecule has 1 aliphatic heterocycles. The lowest BCUT2D eigenvalue weighted by Gasteiger charge is -2.27. The summed E-state index contributed by atoms with van der Waals surface area (Å²) in [5.74, 6) is 0.0246. The van der Waals surface area contributed by atoms with Gasteiger partial charge in [-0.1, -0.05) is 13.0 Å². The Kier molecular flexibility index (Phi) is 8.36. The first-order chi connectivity index (χ1) is 18.6. The fraction of sp³-hybridized carbons (Fsp3) is 0.407. The van der Waals surface area contributed by atoms with E-state index in [1.54, 1.807) is 38.2 Å². The van der Waals surface area contributed by atoms with Gasteiger partial charge in [0.15, 0.2) is 0 Å². The molecule has 0 saturated carbocycles. The van der Waals surface area contributed by atoms with Crippen LogP contribution in [0.1, 0.15) is 31.4 Å². The lowest BCUT2D eigenvalue weighted by molar-refractivity contribution is -0.153. The van der Waals surface area contributed by atoms with Crippen LogP contribution in [-0.2, 0) is 37.2 Å². The van der Waals surface area contributed by atoms with Gasteiger partial charge >= 0.3 is 5.97 Å². The Bertz CT molecular complexity index is 1480. The number of pyridine rings is 2. The van der Waals surface area contributed by atoms with Gasteiger partial charge in [-0.2, -0.15) is 4.72 Å². The van der Waals surface area contributed by atoms with E-state index in [1.165, 1.54) is 17.2 Å². The van der Waals surface area contributed by atoms with Crippen LogP contribution in [0.15, 0.2) is 47.6 Å². The zero-order chi connectivity index (χ0) is 28.3. The number of hydrogen-bond donors (Lipinski definition) is 2. The molecule has 0 spiro atoms. The fourth-order valence-corrected chi connectivity index (χ4v) is 5.96. The highest BCUT2D eigenvalue weighted by atomic mass is 32.2. The lowest BCUT2D eigenvalue weighted by atomic mass is 9.94. The molecule has 4 rings (SSSR count). The largest absolute Gasteiger partial charge is 0.464 e. The molecule has 1 saturated heterocycles. The summed E-state index contributed by atoms with van der Waals surface area (Å²) in [6, 6.07) is 6.89. The number of ether oxygens (including phenoxy) is 1. The number of aromatic nitrogens is 2. The van der Waals surface area contributed by atoms with Crippen molar-refractivity contribution in [3.8, 4) is 0 Å². The molecule has 0 aliphatic carbocycles. The van der Waals surface area contributed by atoms with Crippen molar-refractivity contribution in [3.63, 3.8) is 0 Å². The van der Waals surface area contributed by atoms with E-state index in [9.17, 15) is 18.0 Å². The molecule has 1 amide bonds. The minimum absolute atomic E-state index is 0.0428. The molecule has 0 radical (unpaired) electrons. The smallest absolute Gasteiger partial charge is 0.329 e. The van der Waals surface area contributed by atoms with Gasteiger partial charge in [0.25, 0.3) is 0 Å². The van der Waals surface area contributed by atoms with Crippen LogP contribution in [0.5, 0.6) is 0 Å². The maximum absolute atomic E-state index is 13.5. The second kappa shape index (κ2) is 11.5. The standard InChI is InChI=1S/C27H34N6O5S/c1-5-17-14-21-18(9-11-29-25(21)28)13-19(17)15-23(27(35)38-6-2)33-12-10-22(26(33)34)31-39(36,37)20-7-8-24(30-16-20)32(3)4/h7-9,11,13-14,16,22-23,31H,5-6,10,12,15H2,1-4H3,(H2,28,29). The molecule has 0 bridgehead atoms. The third-order valence-corrected chi connectivity index (χ3v) is 8.33. The van der Waals surface area contributed by atoms with Crippen LogP contribution in [0.25, 0.3) is 10.8 Å². The Morgan fingerprint density at radius 1 is 1.21 bits per heavy atom. The predicted molar refractivity (Wildman–Crippen MR) is 149 cm³/mol. The first-order valence-corrected chi connectivity index (χ1v) is 14.3. The van der Waals surface area contributed by atoms with E-state index in [0.717, 1.165) is 21.9 Å². The van der Waals surface area contributed by atoms with Crippen molar-refractivity contribution in [1.29, 1.82) is 0 Å². The molecule has 3 heterocycles. The maximum atomic E-state index is 13.5. The number of likely N-dealkylation sites (tertiary alicyclic amines) is 1. The number of nitrogen functional groups attached to an aromatic ring is 1. The molecule has 11 nitrogen and oxygen atoms in total. The Morgan fingerprint density at radius 3 is 2.62 bits per heavy atom. The molecule has 12 heteroatoms. The van der Waals surface area contributed by atoms with Gasteiger partial charge < -0.3 is 20.3 Å². The van der Waals surface area contributed by atoms with Crippen molar-refractivity contribution in [2.24, 2.45) is 0 Å². The normalized spacial score (nSPS) is 16.5. The molecule has 208 valence electrons. The van der Waals surface area contributed by atoms with Crippen LogP contribution in [0.3, 0.4) is 0 Å². The molecular formula is C27H34N6O5S. The number of nitrogens with one attached hydrogen (secondary N) is 1. The number of esters is 1. The number of sulfonamides is 1. The van der Waals surface area contributed by atoms with Gasteiger partial charge in [0.05, 0.1) is 6.61 Å². The van der Waals surface area contributed by atoms with E-state index in [1.807, 2.05) is 25.1 Å². The molecule has 2 aromatic heterocycles. The van der Waals surface area contributed by atoms with Gasteiger partial charge in [-0.3, -0.25) is 4.79 Å². The van der Waals surface area contributed by atoms with Gasteiger partial charge in [-0.05, 0) is 60.5 Å². The summed E-state index contributed by atoms with van der Waals surface area (Å²) in [6.07, 6.45) is 4.01. The van der Waals surface area contributed by atoms with E-state index in [0.29, 0.717) is 18.1 Å². The van der Waals surface area contributed by atoms with Crippen molar-refractivity contribution in [2.75, 3.05) is 37.9 Å². The summed E-state index contributed by atoms with van der Waals surface area (Å²) in [6.45, 7) is 4.07. The number of nitrogens with two attached hydrogens (primary N) is 1. The predicted octanol–water partition coefficient (Wildman–Crippen LogP) is 1.89. The topological polar surface area (TPSA) is 148 Å². The van der Waals surface area contributed by atoms with Crippen molar-refractivity contribution in [2.45, 2.75) is 50.1 Å². The number of amides is 1. The van der Waals surface area contributed by atoms with Crippen molar-refractivity contribution >= 4 is 44.3 Å². The van der Waals surface area contributed by atoms with Crippen molar-refractivity contribution in [1.82, 2.24) is 19.6 Å². The van der Waals surface area contributed by atoms with Gasteiger partial charge in [0.1, 0.15) is 28.6 Å². The molecule has 2 atom stereocenters. The summed E-state index contributed by atoms with van der Waals surface area (Å²) in [7, 11) is -0.409. The van der Waals surface area contributed by atoms with Crippen molar-refractivity contribution < 1.29 is 22.7 Å². The quantitative estimate of drug-likeness (QED) is 0.359. The van der Waals surface area contributed by atoms with Crippen molar-refractivity contribution in [3.05, 3.63) is 53.9 Å². The molecule has 1 aromatic carbocycles. The number of aryl methyl sites for hydroxylation is 1. The van der Waals surface area contributed by atoms with Crippen LogP contribution in [0.4, 0.5) is 11.6 Å². The Labute approximate surface area is 228 Å². The minimum Gasteiger partial charge on any atom is -0.464 e. The average molecular weight is 555 g/mol. The third kappa shape index (κ3) is 5.96. The number of nitrogens with zero attached hydrogens (tertiary/aromatic N) is 4. The highest BCUT2D eigenvalue weighted by Gasteiger charge is 2.41. The summed E-state index contributed by atoms with van der Waals surface area (Å²) >= 11 is 0. The van der Waals surface area contributed by atoms with Crippen LogP contribution in [-0.4, -0.2) is 74.5 Å². The second-order valence-electron chi connectivity index (χ2n) is 9.60. The SMILES string of the molecule is CCOC(=O)C(Cc1cc2ccnc(N)c2cc1CC)N1CCC(NS(=O)(=O)c2ccc(N(C)C)nc2)C1=O. The Balaban J connectivity index is 1.59. The highest BCUT2D eigenvalue weighted by Crippen LogP contribution is 2.27. The summed E-state index contributed by atoms with van der Waals surface area (Å²) < 4.78 is 33.9. The fourth-order valence-electron chi connectivity index (χ4n) is 4.79. The summed E-state index contributed by atoms with van der Waals surface area (Å²) in [5, 5.41) is 1.70. The van der Waals surface area contributed by atoms with E-state index in [2.05, 4.69) is 14.7 Å². The number of hydrogen-bond acceptors (Lipinski definition) is 9. The lowest BCUT2D eigenvalue weighted by Crippen LogP contribution is -2.48. The third-order valence-electron chi connectivity index (χ3n) is 6.87. The van der Waals surface area contributed by atoms with Gasteiger partial charge in [-0.25, -0.2) is 23.2 Å². The number of carbonyl (C=O) groups excluding carboxylic acids is 2. The van der Waals surface area contributed by atoms with E-state index >= 15 is 0 Å². The molecule has 39 heavy (non-hydrogen) atoms. The summed E-state index contributed by atoms with van der Waals surface area (Å²) in [5.41, 5.74) is 7.93. The molecule has 1 fully saturated rings. The van der Waals surface area contributed by atoms with Crippen LogP contribution in [0.2, 0.25) is 0 Å². The number of carbonyl (C=O) groups is 2. The van der Waals surface area contributed by atoms with Crippen LogP contribution >= 0.6 is 0 Å². The monoisotopic (exact) mass is 554 g/mol. The first kappa shape index (κ1) is 28.2. The minimum atomic E-state index is -4.01. The first-order valence-electron chi connectivity index (χ1n) is 12.8. The van der Waals surface area contributed by atoms with E-state index < -0.39 is 34.0 Å². The molecule has 2 unspecified atom stereocenters. The maximum Gasteiger partial charge on any atom is 0.329 e. The van der Waals surface area contributed by atoms with Gasteiger partial charge in [0, 0.05) is 44.8 Å². The number of rotatable bonds is 10. The number of anilines is 2. The second-order valence-corrected chi connectivity index (χ2v) is 11.3. The number of benzene rings is 1. The highest BCUT2D eigenvalue weighted by molar-refractivity contribution is 7.89. The van der Waals surface area contributed by atoms with Gasteiger partial charge in [0.2, 0.25) is 15.9 Å². The molecule has 3 N–H and O–H groups in total. The Morgan fingerprint density at radius 2 is 1.97 bits per heavy atom. The molecule has 1 aliphatic rings. The zero-order valence-corrected chi connectivity index (χ0v) is 23.4.